The zero-order valence-electron chi connectivity index (χ0n) is 19.3. The lowest BCUT2D eigenvalue weighted by Crippen LogP contribution is -2.54. The lowest BCUT2D eigenvalue weighted by Gasteiger charge is -2.41. The third-order valence-electron chi connectivity index (χ3n) is 7.49. The summed E-state index contributed by atoms with van der Waals surface area (Å²) in [6.07, 6.45) is 5.73. The first-order valence-corrected chi connectivity index (χ1v) is 12.0. The minimum absolute atomic E-state index is 0.198. The van der Waals surface area contributed by atoms with Crippen molar-refractivity contribution in [3.8, 4) is 0 Å². The van der Waals surface area contributed by atoms with E-state index in [9.17, 15) is 4.79 Å². The van der Waals surface area contributed by atoms with Crippen LogP contribution in [0.5, 0.6) is 0 Å². The standard InChI is InChI=1S/C25H30N2O.C2H2O4/c28-25(24(20-7-3-1-4-8-20)21-9-5-2-6-10-21)27-15-13-26(14-16-27)23-18-19-11-12-22(23)17-19;3-1(4)2(5)6/h1-10,19,22-24H,11-18H2;(H,3,4)(H,5,6). The fourth-order valence-corrected chi connectivity index (χ4v) is 5.88. The van der Waals surface area contributed by atoms with Crippen LogP contribution < -0.4 is 0 Å². The second-order valence-corrected chi connectivity index (χ2v) is 9.47. The van der Waals surface area contributed by atoms with Crippen molar-refractivity contribution in [2.75, 3.05) is 26.2 Å². The molecule has 2 aromatic carbocycles. The van der Waals surface area contributed by atoms with E-state index in [2.05, 4.69) is 34.1 Å². The number of aliphatic carboxylic acids is 2. The molecule has 3 unspecified atom stereocenters. The van der Waals surface area contributed by atoms with Crippen LogP contribution in [0.25, 0.3) is 0 Å². The molecule has 2 N–H and O–H groups in total. The van der Waals surface area contributed by atoms with Crippen molar-refractivity contribution >= 4 is 17.8 Å². The number of carbonyl (C=O) groups is 3. The third kappa shape index (κ3) is 5.47. The maximum Gasteiger partial charge on any atom is 0.414 e. The molecule has 2 aromatic rings. The Balaban J connectivity index is 0.000000408. The predicted octanol–water partition coefficient (Wildman–Crippen LogP) is 3.31. The smallest absolute Gasteiger partial charge is 0.414 e. The third-order valence-corrected chi connectivity index (χ3v) is 7.49. The van der Waals surface area contributed by atoms with Crippen LogP contribution in [0, 0.1) is 11.8 Å². The summed E-state index contributed by atoms with van der Waals surface area (Å²) in [6, 6.07) is 21.3. The molecule has 2 aliphatic carbocycles. The van der Waals surface area contributed by atoms with Crippen molar-refractivity contribution in [3.05, 3.63) is 71.8 Å². The maximum absolute atomic E-state index is 13.6. The molecule has 2 saturated carbocycles. The summed E-state index contributed by atoms with van der Waals surface area (Å²) in [5.74, 6) is -1.68. The van der Waals surface area contributed by atoms with Gasteiger partial charge in [-0.1, -0.05) is 67.1 Å². The Morgan fingerprint density at radius 1 is 0.735 bits per heavy atom. The van der Waals surface area contributed by atoms with E-state index in [1.54, 1.807) is 0 Å². The van der Waals surface area contributed by atoms with Crippen LogP contribution in [0.4, 0.5) is 0 Å². The Morgan fingerprint density at radius 2 is 1.26 bits per heavy atom. The molecule has 34 heavy (non-hydrogen) atoms. The summed E-state index contributed by atoms with van der Waals surface area (Å²) in [5.41, 5.74) is 2.18. The van der Waals surface area contributed by atoms with Gasteiger partial charge < -0.3 is 15.1 Å². The Morgan fingerprint density at radius 3 is 1.68 bits per heavy atom. The van der Waals surface area contributed by atoms with Crippen LogP contribution in [0.2, 0.25) is 0 Å². The molecule has 1 amide bonds. The molecule has 0 aromatic heterocycles. The highest BCUT2D eigenvalue weighted by Gasteiger charge is 2.43. The Bertz CT molecular complexity index is 937. The molecule has 2 bridgehead atoms. The molecular weight excluding hydrogens is 432 g/mol. The summed E-state index contributed by atoms with van der Waals surface area (Å²) in [6.45, 7) is 3.80. The Hall–Kier alpha value is -3.19. The molecule has 1 aliphatic heterocycles. The van der Waals surface area contributed by atoms with E-state index < -0.39 is 11.9 Å². The average molecular weight is 465 g/mol. The van der Waals surface area contributed by atoms with Crippen LogP contribution in [0.3, 0.4) is 0 Å². The van der Waals surface area contributed by atoms with Crippen LogP contribution in [0.15, 0.2) is 60.7 Å². The van der Waals surface area contributed by atoms with Gasteiger partial charge in [0.1, 0.15) is 0 Å². The molecule has 3 aliphatic rings. The highest BCUT2D eigenvalue weighted by molar-refractivity contribution is 6.27. The predicted molar refractivity (Wildman–Crippen MR) is 127 cm³/mol. The topological polar surface area (TPSA) is 98.2 Å². The van der Waals surface area contributed by atoms with Gasteiger partial charge in [0, 0.05) is 32.2 Å². The van der Waals surface area contributed by atoms with Gasteiger partial charge in [-0.05, 0) is 42.2 Å². The maximum atomic E-state index is 13.6. The largest absolute Gasteiger partial charge is 0.473 e. The minimum Gasteiger partial charge on any atom is -0.473 e. The molecule has 0 radical (unpaired) electrons. The van der Waals surface area contributed by atoms with Crippen molar-refractivity contribution < 1.29 is 24.6 Å². The van der Waals surface area contributed by atoms with Gasteiger partial charge in [0.2, 0.25) is 5.91 Å². The second-order valence-electron chi connectivity index (χ2n) is 9.47. The molecule has 0 spiro atoms. The molecule has 7 heteroatoms. The van der Waals surface area contributed by atoms with E-state index in [1.165, 1.54) is 25.7 Å². The molecular formula is C27H32N2O5. The van der Waals surface area contributed by atoms with E-state index in [0.717, 1.165) is 55.2 Å². The molecule has 7 nitrogen and oxygen atoms in total. The summed E-state index contributed by atoms with van der Waals surface area (Å²) in [7, 11) is 0. The first-order valence-electron chi connectivity index (χ1n) is 12.0. The average Bonchev–Trinajstić information content (AvgIpc) is 3.50. The number of rotatable bonds is 4. The van der Waals surface area contributed by atoms with Crippen LogP contribution in [-0.2, 0) is 14.4 Å². The zero-order chi connectivity index (χ0) is 24.1. The number of benzene rings is 2. The second kappa shape index (κ2) is 10.8. The van der Waals surface area contributed by atoms with Crippen LogP contribution in [0.1, 0.15) is 42.7 Å². The number of piperazine rings is 1. The van der Waals surface area contributed by atoms with Gasteiger partial charge in [-0.3, -0.25) is 9.69 Å². The highest BCUT2D eigenvalue weighted by Crippen LogP contribution is 2.46. The number of nitrogens with zero attached hydrogens (tertiary/aromatic N) is 2. The summed E-state index contributed by atoms with van der Waals surface area (Å²) in [4.78, 5) is 36.6. The van der Waals surface area contributed by atoms with E-state index in [1.807, 2.05) is 36.4 Å². The molecule has 1 heterocycles. The SMILES string of the molecule is O=C(C(c1ccccc1)c1ccccc1)N1CCN(C2CC3CCC2C3)CC1.O=C(O)C(=O)O. The van der Waals surface area contributed by atoms with E-state index in [4.69, 9.17) is 19.8 Å². The Kier molecular flexibility index (Phi) is 7.63. The van der Waals surface area contributed by atoms with Gasteiger partial charge >= 0.3 is 11.9 Å². The van der Waals surface area contributed by atoms with Gasteiger partial charge in [0.25, 0.3) is 0 Å². The number of carbonyl (C=O) groups excluding carboxylic acids is 1. The van der Waals surface area contributed by atoms with Gasteiger partial charge in [-0.15, -0.1) is 0 Å². The first-order chi connectivity index (χ1) is 16.4. The summed E-state index contributed by atoms with van der Waals surface area (Å²) < 4.78 is 0. The van der Waals surface area contributed by atoms with Gasteiger partial charge in [0.15, 0.2) is 0 Å². The van der Waals surface area contributed by atoms with E-state index in [-0.39, 0.29) is 11.8 Å². The minimum atomic E-state index is -1.82. The molecule has 3 fully saturated rings. The summed E-state index contributed by atoms with van der Waals surface area (Å²) >= 11 is 0. The molecule has 5 rings (SSSR count). The lowest BCUT2D eigenvalue weighted by molar-refractivity contribution is -0.159. The number of hydrogen-bond donors (Lipinski definition) is 2. The van der Waals surface area contributed by atoms with Crippen molar-refractivity contribution in [2.24, 2.45) is 11.8 Å². The molecule has 1 saturated heterocycles. The number of amides is 1. The fourth-order valence-electron chi connectivity index (χ4n) is 5.88. The number of carboxylic acid groups (broad SMARTS) is 2. The lowest BCUT2D eigenvalue weighted by atomic mass is 9.89. The fraction of sp³-hybridized carbons (Fsp3) is 0.444. The highest BCUT2D eigenvalue weighted by atomic mass is 16.4. The van der Waals surface area contributed by atoms with E-state index in [0.29, 0.717) is 0 Å². The Labute approximate surface area is 200 Å². The number of fused-ring (bicyclic) bond motifs is 2. The van der Waals surface area contributed by atoms with Crippen LogP contribution in [-0.4, -0.2) is 70.1 Å². The zero-order valence-corrected chi connectivity index (χ0v) is 19.3. The van der Waals surface area contributed by atoms with Crippen molar-refractivity contribution in [2.45, 2.75) is 37.6 Å². The number of hydrogen-bond acceptors (Lipinski definition) is 4. The molecule has 3 atom stereocenters. The van der Waals surface area contributed by atoms with E-state index >= 15 is 0 Å². The van der Waals surface area contributed by atoms with Crippen molar-refractivity contribution in [1.82, 2.24) is 9.80 Å². The quantitative estimate of drug-likeness (QED) is 0.674. The van der Waals surface area contributed by atoms with Gasteiger partial charge in [-0.2, -0.15) is 0 Å². The normalized spacial score (nSPS) is 23.9. The van der Waals surface area contributed by atoms with Gasteiger partial charge in [-0.25, -0.2) is 9.59 Å². The first kappa shape index (κ1) is 24.0. The molecule has 180 valence electrons. The summed E-state index contributed by atoms with van der Waals surface area (Å²) in [5, 5.41) is 14.8. The van der Waals surface area contributed by atoms with Gasteiger partial charge in [0.05, 0.1) is 5.92 Å². The van der Waals surface area contributed by atoms with Crippen LogP contribution >= 0.6 is 0 Å². The monoisotopic (exact) mass is 464 g/mol. The van der Waals surface area contributed by atoms with Crippen molar-refractivity contribution in [3.63, 3.8) is 0 Å². The van der Waals surface area contributed by atoms with Crippen molar-refractivity contribution in [1.29, 1.82) is 0 Å². The number of carboxylic acids is 2.